The van der Waals surface area contributed by atoms with E-state index < -0.39 is 0 Å². The zero-order chi connectivity index (χ0) is 60.8. The molecule has 632 valence electrons. The standard InChI is InChI=1S/C27H48.2C21H36.C19H32.16CH3.3Hf.Zr/c1-26(2,3)19-11-13-21-22-14-12-20(27(4,5)6)17-25(22)23(24(21)16-19)15-18-9-7-8-10-18;1-14-7-5-11-17-19(13-16-9-3-4-10-16)18-12-6-8-15(2)21(18)20(14)17;1-14-7-9-17-19(11-14)20-12-15(2)8-10-18(20)21(17)13-16-5-3-4-6-16;1-2-8-14(7-1)13-19-17-11-5-3-9-15(17)16-10-4-6-12-18(16)19;;;;;;;;;;;;;;;;;;;;/h18-25H,7-17H2,1-6H3;2*14-21H,3-13H2,1-2H3;14-19H,1-13H2;16*1H3;;;;/q;;;;16*-1;4*+4. The summed E-state index contributed by atoms with van der Waals surface area (Å²) in [6.07, 6.45) is 72.0. The van der Waals surface area contributed by atoms with Gasteiger partial charge in [0.1, 0.15) is 0 Å². The molecular weight excluding hydrogens is 1880 g/mol. The van der Waals surface area contributed by atoms with Gasteiger partial charge in [-0.1, -0.05) is 236 Å². The number of hydrogen-bond donors (Lipinski definition) is 0. The summed E-state index contributed by atoms with van der Waals surface area (Å²) in [5.41, 5.74) is 1.04. The SMILES string of the molecule is C1CCC(CC2C3CCCCC3C3CCCCC32)C1.CC(C)(C)C1CCC2C3CCC(C(C)(C)C)CC3C(CC3CCCC3)C2C1.CC1CCC2C(C1)C1CC(C)CCC1C2CC1CCCC1.CC1CCCC2C(CC3CCCC3)C3CCCC(C)C3C12.[CH3-].[CH3-].[CH3-].[CH3-].[CH3-].[CH3-].[CH3-].[CH3-].[CH3-].[CH3-].[CH3-].[CH3-].[CH3-].[CH3-].[CH3-].[CH3-].[Hf+4].[Hf+4].[Hf+4].[Zr+4]. The molecule has 0 amide bonds. The van der Waals surface area contributed by atoms with Crippen molar-refractivity contribution >= 4 is 0 Å². The van der Waals surface area contributed by atoms with Crippen LogP contribution in [0.4, 0.5) is 0 Å². The first kappa shape index (κ1) is 127. The topological polar surface area (TPSA) is 0 Å². The molecule has 0 aromatic rings. The fourth-order valence-corrected chi connectivity index (χ4v) is 30.0. The van der Waals surface area contributed by atoms with Crippen LogP contribution in [0.5, 0.6) is 0 Å². The molecule has 108 heavy (non-hydrogen) atoms. The van der Waals surface area contributed by atoms with Crippen LogP contribution >= 0.6 is 0 Å². The van der Waals surface area contributed by atoms with Gasteiger partial charge < -0.3 is 119 Å². The molecule has 22 atom stereocenters. The van der Waals surface area contributed by atoms with Crippen molar-refractivity contribution < 1.29 is 104 Å². The van der Waals surface area contributed by atoms with Gasteiger partial charge in [-0.2, -0.15) is 0 Å². The summed E-state index contributed by atoms with van der Waals surface area (Å²) < 4.78 is 0. The summed E-state index contributed by atoms with van der Waals surface area (Å²) in [6, 6.07) is 0. The minimum Gasteiger partial charge on any atom is -0.358 e. The summed E-state index contributed by atoms with van der Waals surface area (Å²) in [5, 5.41) is 0. The van der Waals surface area contributed by atoms with Gasteiger partial charge in [-0.05, 0) is 317 Å². The number of fused-ring (bicyclic) bond motifs is 12. The molecule has 0 saturated heterocycles. The summed E-state index contributed by atoms with van der Waals surface area (Å²) in [6.45, 7) is 25.4. The Morgan fingerprint density at radius 1 is 0.204 bits per heavy atom. The maximum Gasteiger partial charge on any atom is 4.00 e. The number of hydrogen-bond acceptors (Lipinski definition) is 0. The van der Waals surface area contributed by atoms with Gasteiger partial charge in [-0.15, -0.1) is 0 Å². The van der Waals surface area contributed by atoms with Crippen molar-refractivity contribution in [3.63, 3.8) is 0 Å². The van der Waals surface area contributed by atoms with E-state index in [-0.39, 0.29) is 223 Å². The Kier molecular flexibility index (Phi) is 67.9. The Balaban J connectivity index is -0.000000195. The van der Waals surface area contributed by atoms with Gasteiger partial charge in [-0.25, -0.2) is 0 Å². The predicted octanol–water partition coefficient (Wildman–Crippen LogP) is 34.0. The number of rotatable bonds is 8. The second kappa shape index (κ2) is 57.7. The summed E-state index contributed by atoms with van der Waals surface area (Å²) >= 11 is 0. The van der Waals surface area contributed by atoms with Crippen LogP contribution in [0.3, 0.4) is 0 Å². The molecule has 16 saturated carbocycles. The van der Waals surface area contributed by atoms with Gasteiger partial charge in [-0.3, -0.25) is 0 Å². The normalized spacial score (nSPS) is 38.9. The summed E-state index contributed by atoms with van der Waals surface area (Å²) in [7, 11) is 0. The molecule has 4 heteroatoms. The Morgan fingerprint density at radius 3 is 0.694 bits per heavy atom. The first-order chi connectivity index (χ1) is 42.6. The second-order valence-corrected chi connectivity index (χ2v) is 40.6. The van der Waals surface area contributed by atoms with Gasteiger partial charge in [0.25, 0.3) is 0 Å². The van der Waals surface area contributed by atoms with Crippen molar-refractivity contribution in [3.05, 3.63) is 119 Å². The van der Waals surface area contributed by atoms with Crippen LogP contribution in [0.25, 0.3) is 0 Å². The second-order valence-electron chi connectivity index (χ2n) is 40.6. The third kappa shape index (κ3) is 29.4. The third-order valence-corrected chi connectivity index (χ3v) is 34.1. The van der Waals surface area contributed by atoms with Crippen LogP contribution in [-0.4, -0.2) is 0 Å². The Labute approximate surface area is 767 Å². The average Bonchev–Trinajstić information content (AvgIpc) is 1.61. The molecule has 0 radical (unpaired) electrons. The van der Waals surface area contributed by atoms with E-state index in [1.165, 1.54) is 119 Å². The van der Waals surface area contributed by atoms with E-state index in [0.717, 1.165) is 148 Å². The van der Waals surface area contributed by atoms with Crippen molar-refractivity contribution in [1.82, 2.24) is 0 Å². The first-order valence-corrected chi connectivity index (χ1v) is 42.6. The van der Waals surface area contributed by atoms with Gasteiger partial charge in [0.15, 0.2) is 0 Å². The third-order valence-electron chi connectivity index (χ3n) is 34.1. The fourth-order valence-electron chi connectivity index (χ4n) is 30.0. The van der Waals surface area contributed by atoms with Crippen molar-refractivity contribution in [2.24, 2.45) is 188 Å². The molecule has 0 N–H and O–H groups in total. The van der Waals surface area contributed by atoms with E-state index in [2.05, 4.69) is 69.2 Å². The average molecular weight is 2080 g/mol. The molecule has 22 unspecified atom stereocenters. The molecule has 16 aliphatic rings. The molecule has 0 spiro atoms. The van der Waals surface area contributed by atoms with Crippen molar-refractivity contribution in [1.29, 1.82) is 0 Å². The largest absolute Gasteiger partial charge is 4.00 e. The zero-order valence-electron chi connectivity index (χ0n) is 78.8. The monoisotopic (exact) mass is 2080 g/mol. The molecule has 16 aliphatic carbocycles. The zero-order valence-corrected chi connectivity index (χ0v) is 92.1. The summed E-state index contributed by atoms with van der Waals surface area (Å²) in [5.74, 6) is 33.1. The van der Waals surface area contributed by atoms with Gasteiger partial charge in [0.05, 0.1) is 0 Å². The van der Waals surface area contributed by atoms with Crippen LogP contribution in [0.15, 0.2) is 0 Å². The molecule has 0 bridgehead atoms. The Hall–Kier alpha value is 3.49. The van der Waals surface area contributed by atoms with E-state index in [0.29, 0.717) is 10.8 Å². The predicted molar refractivity (Wildman–Crippen MR) is 481 cm³/mol. The van der Waals surface area contributed by atoms with E-state index in [1.807, 2.05) is 0 Å². The van der Waals surface area contributed by atoms with Crippen LogP contribution in [0.2, 0.25) is 0 Å². The first-order valence-electron chi connectivity index (χ1n) is 42.6. The minimum atomic E-state index is 0. The molecule has 0 nitrogen and oxygen atoms in total. The van der Waals surface area contributed by atoms with Crippen molar-refractivity contribution in [3.8, 4) is 0 Å². The van der Waals surface area contributed by atoms with Gasteiger partial charge in [0, 0.05) is 0 Å². The smallest absolute Gasteiger partial charge is 0.358 e. The van der Waals surface area contributed by atoms with Gasteiger partial charge in [0.2, 0.25) is 0 Å². The van der Waals surface area contributed by atoms with Crippen LogP contribution in [-0.2, 0) is 104 Å². The minimum absolute atomic E-state index is 0. The van der Waals surface area contributed by atoms with E-state index >= 15 is 0 Å². The van der Waals surface area contributed by atoms with Crippen LogP contribution in [0.1, 0.15) is 365 Å². The Morgan fingerprint density at radius 2 is 0.417 bits per heavy atom. The molecule has 0 aromatic heterocycles. The van der Waals surface area contributed by atoms with Crippen molar-refractivity contribution in [2.75, 3.05) is 0 Å². The maximum absolute atomic E-state index is 2.60. The molecular formula is C104H200Hf3Zr. The van der Waals surface area contributed by atoms with Crippen LogP contribution < -0.4 is 0 Å². The van der Waals surface area contributed by atoms with E-state index in [9.17, 15) is 0 Å². The fraction of sp³-hybridized carbons (Fsp3) is 0.846. The molecule has 0 aliphatic heterocycles. The molecule has 0 aromatic carbocycles. The van der Waals surface area contributed by atoms with Gasteiger partial charge >= 0.3 is 104 Å². The summed E-state index contributed by atoms with van der Waals surface area (Å²) in [4.78, 5) is 0. The Bertz CT molecular complexity index is 2010. The maximum atomic E-state index is 2.60. The molecule has 16 rings (SSSR count). The van der Waals surface area contributed by atoms with Crippen LogP contribution in [0, 0.1) is 307 Å². The molecule has 0 heterocycles. The van der Waals surface area contributed by atoms with E-state index in [1.54, 1.807) is 205 Å². The molecule has 16 fully saturated rings. The van der Waals surface area contributed by atoms with E-state index in [4.69, 9.17) is 0 Å². The van der Waals surface area contributed by atoms with Crippen molar-refractivity contribution in [2.45, 2.75) is 365 Å². The quantitative estimate of drug-likeness (QED) is 0.168.